The lowest BCUT2D eigenvalue weighted by atomic mass is 10.0. The number of oxime groups is 1. The van der Waals surface area contributed by atoms with Gasteiger partial charge in [-0.25, -0.2) is 0 Å². The summed E-state index contributed by atoms with van der Waals surface area (Å²) in [7, 11) is 0. The average Bonchev–Trinajstić information content (AvgIpc) is 3.14. The fourth-order valence-electron chi connectivity index (χ4n) is 3.10. The van der Waals surface area contributed by atoms with Gasteiger partial charge >= 0.3 is 4.87 Å². The monoisotopic (exact) mass is 446 g/mol. The van der Waals surface area contributed by atoms with Crippen LogP contribution in [0.3, 0.4) is 0 Å². The lowest BCUT2D eigenvalue weighted by Gasteiger charge is -2.06. The van der Waals surface area contributed by atoms with E-state index in [1.807, 2.05) is 54.6 Å². The van der Waals surface area contributed by atoms with Gasteiger partial charge in [0.2, 0.25) is 5.88 Å². The number of ether oxygens (including phenoxy) is 1. The highest BCUT2D eigenvalue weighted by molar-refractivity contribution is 7.09. The Morgan fingerprint density at radius 1 is 0.906 bits per heavy atom. The number of rotatable bonds is 9. The highest BCUT2D eigenvalue weighted by Gasteiger charge is 2.07. The van der Waals surface area contributed by atoms with Gasteiger partial charge in [0, 0.05) is 6.42 Å². The molecule has 0 fully saturated rings. The van der Waals surface area contributed by atoms with E-state index in [1.54, 1.807) is 6.21 Å². The van der Waals surface area contributed by atoms with Gasteiger partial charge < -0.3 is 14.7 Å². The minimum absolute atomic E-state index is 0.0647. The van der Waals surface area contributed by atoms with Crippen molar-refractivity contribution >= 4 is 17.6 Å². The maximum atomic E-state index is 11.3. The first-order valence-corrected chi connectivity index (χ1v) is 10.9. The van der Waals surface area contributed by atoms with Crippen molar-refractivity contribution in [3.05, 3.63) is 105 Å². The summed E-state index contributed by atoms with van der Waals surface area (Å²) in [5, 5.41) is 13.7. The van der Waals surface area contributed by atoms with Crippen molar-refractivity contribution in [1.29, 1.82) is 0 Å². The number of thiazole rings is 1. The Morgan fingerprint density at radius 3 is 2.31 bits per heavy atom. The largest absolute Gasteiger partial charge is 0.494 e. The summed E-state index contributed by atoms with van der Waals surface area (Å²) < 4.78 is 5.65. The number of nitrogens with one attached hydrogen (secondary N) is 1. The number of benzene rings is 3. The fourth-order valence-corrected chi connectivity index (χ4v) is 3.86. The number of aromatic nitrogens is 1. The van der Waals surface area contributed by atoms with Gasteiger partial charge in [-0.2, -0.15) is 0 Å². The molecule has 0 saturated carbocycles. The van der Waals surface area contributed by atoms with Crippen LogP contribution in [0.15, 0.2) is 88.8 Å². The molecular formula is C25H22N2O4S. The zero-order valence-corrected chi connectivity index (χ0v) is 18.0. The molecule has 6 nitrogen and oxygen atoms in total. The van der Waals surface area contributed by atoms with Crippen molar-refractivity contribution in [2.75, 3.05) is 13.2 Å². The SMILES string of the molecule is O=c1[nH]c(O)c(Cc2ccc(OCCON=Cc3ccc(-c4ccccc4)cc3)cc2)s1. The summed E-state index contributed by atoms with van der Waals surface area (Å²) >= 11 is 1.01. The summed E-state index contributed by atoms with van der Waals surface area (Å²) in [4.78, 5) is 19.3. The molecule has 4 aromatic rings. The average molecular weight is 447 g/mol. The first-order chi connectivity index (χ1) is 15.7. The van der Waals surface area contributed by atoms with Crippen molar-refractivity contribution in [3.63, 3.8) is 0 Å². The second-order valence-electron chi connectivity index (χ2n) is 7.01. The van der Waals surface area contributed by atoms with Crippen molar-refractivity contribution in [2.45, 2.75) is 6.42 Å². The Labute approximate surface area is 189 Å². The quantitative estimate of drug-likeness (QED) is 0.219. The zero-order valence-electron chi connectivity index (χ0n) is 17.2. The molecule has 1 aromatic heterocycles. The van der Waals surface area contributed by atoms with Crippen molar-refractivity contribution in [1.82, 2.24) is 4.98 Å². The molecule has 0 radical (unpaired) electrons. The smallest absolute Gasteiger partial charge is 0.307 e. The number of aromatic hydroxyl groups is 1. The van der Waals surface area contributed by atoms with Crippen LogP contribution in [0.1, 0.15) is 16.0 Å². The van der Waals surface area contributed by atoms with Gasteiger partial charge in [-0.05, 0) is 34.4 Å². The molecule has 4 rings (SSSR count). The molecule has 3 aromatic carbocycles. The topological polar surface area (TPSA) is 83.9 Å². The van der Waals surface area contributed by atoms with Crippen LogP contribution in [0.2, 0.25) is 0 Å². The third-order valence-corrected chi connectivity index (χ3v) is 5.60. The predicted octanol–water partition coefficient (Wildman–Crippen LogP) is 4.83. The molecule has 0 unspecified atom stereocenters. The molecule has 0 atom stereocenters. The van der Waals surface area contributed by atoms with Crippen LogP contribution < -0.4 is 9.61 Å². The fraction of sp³-hybridized carbons (Fsp3) is 0.120. The summed E-state index contributed by atoms with van der Waals surface area (Å²) in [6.07, 6.45) is 2.16. The minimum Gasteiger partial charge on any atom is -0.494 e. The van der Waals surface area contributed by atoms with E-state index in [2.05, 4.69) is 34.4 Å². The number of aromatic amines is 1. The number of hydrogen-bond acceptors (Lipinski definition) is 6. The Balaban J connectivity index is 1.19. The minimum atomic E-state index is -0.260. The molecule has 7 heteroatoms. The van der Waals surface area contributed by atoms with Crippen LogP contribution in [0, 0.1) is 0 Å². The molecule has 32 heavy (non-hydrogen) atoms. The highest BCUT2D eigenvalue weighted by atomic mass is 32.1. The van der Waals surface area contributed by atoms with Crippen LogP contribution in [0.5, 0.6) is 11.6 Å². The van der Waals surface area contributed by atoms with Gasteiger partial charge in [0.25, 0.3) is 0 Å². The highest BCUT2D eigenvalue weighted by Crippen LogP contribution is 2.22. The molecule has 0 aliphatic heterocycles. The number of nitrogens with zero attached hydrogens (tertiary/aromatic N) is 1. The maximum Gasteiger partial charge on any atom is 0.307 e. The Bertz CT molecular complexity index is 1210. The van der Waals surface area contributed by atoms with E-state index in [9.17, 15) is 9.90 Å². The molecule has 0 aliphatic rings. The van der Waals surface area contributed by atoms with Crippen molar-refractivity contribution < 1.29 is 14.7 Å². The molecule has 1 heterocycles. The first kappa shape index (κ1) is 21.4. The van der Waals surface area contributed by atoms with Crippen LogP contribution in [-0.4, -0.2) is 29.5 Å². The van der Waals surface area contributed by atoms with E-state index < -0.39 is 0 Å². The van der Waals surface area contributed by atoms with E-state index in [0.29, 0.717) is 30.3 Å². The lowest BCUT2D eigenvalue weighted by Crippen LogP contribution is -2.04. The van der Waals surface area contributed by atoms with E-state index in [-0.39, 0.29) is 10.8 Å². The normalized spacial score (nSPS) is 11.0. The molecule has 2 N–H and O–H groups in total. The molecule has 0 amide bonds. The van der Waals surface area contributed by atoms with E-state index in [4.69, 9.17) is 9.57 Å². The Morgan fingerprint density at radius 2 is 1.62 bits per heavy atom. The van der Waals surface area contributed by atoms with Crippen LogP contribution in [-0.2, 0) is 11.3 Å². The van der Waals surface area contributed by atoms with Gasteiger partial charge in [0.1, 0.15) is 12.4 Å². The Kier molecular flexibility index (Phi) is 6.99. The summed E-state index contributed by atoms with van der Waals surface area (Å²) in [6.45, 7) is 0.690. The number of H-pyrrole nitrogens is 1. The molecule has 0 bridgehead atoms. The van der Waals surface area contributed by atoms with Gasteiger partial charge in [-0.3, -0.25) is 9.78 Å². The van der Waals surface area contributed by atoms with E-state index in [1.165, 1.54) is 5.56 Å². The third kappa shape index (κ3) is 5.86. The van der Waals surface area contributed by atoms with Crippen LogP contribution >= 0.6 is 11.3 Å². The Hall–Kier alpha value is -3.84. The number of hydrogen-bond donors (Lipinski definition) is 2. The predicted molar refractivity (Wildman–Crippen MR) is 127 cm³/mol. The maximum absolute atomic E-state index is 11.3. The lowest BCUT2D eigenvalue weighted by molar-refractivity contribution is 0.108. The van der Waals surface area contributed by atoms with Gasteiger partial charge in [-0.15, -0.1) is 0 Å². The van der Waals surface area contributed by atoms with Gasteiger partial charge in [-0.1, -0.05) is 83.2 Å². The van der Waals surface area contributed by atoms with Gasteiger partial charge in [0.15, 0.2) is 6.61 Å². The molecule has 0 saturated heterocycles. The van der Waals surface area contributed by atoms with Gasteiger partial charge in [0.05, 0.1) is 11.1 Å². The van der Waals surface area contributed by atoms with Crippen molar-refractivity contribution in [3.8, 4) is 22.8 Å². The van der Waals surface area contributed by atoms with E-state index >= 15 is 0 Å². The van der Waals surface area contributed by atoms with Crippen molar-refractivity contribution in [2.24, 2.45) is 5.16 Å². The molecular weight excluding hydrogens is 424 g/mol. The van der Waals surface area contributed by atoms with Crippen LogP contribution in [0.25, 0.3) is 11.1 Å². The van der Waals surface area contributed by atoms with Crippen LogP contribution in [0.4, 0.5) is 0 Å². The third-order valence-electron chi connectivity index (χ3n) is 4.73. The standard InChI is InChI=1S/C25H22N2O4S/c28-24-23(32-25(29)27-24)16-18-8-12-22(13-9-18)30-14-15-31-26-17-19-6-10-21(11-7-19)20-4-2-1-3-5-20/h1-13,17,28H,14-16H2,(H,27,29). The molecule has 0 aliphatic carbocycles. The molecule has 0 spiro atoms. The second kappa shape index (κ2) is 10.5. The van der Waals surface area contributed by atoms with E-state index in [0.717, 1.165) is 28.0 Å². The second-order valence-corrected chi connectivity index (χ2v) is 8.08. The summed E-state index contributed by atoms with van der Waals surface area (Å²) in [5.41, 5.74) is 4.27. The molecule has 162 valence electrons. The summed E-state index contributed by atoms with van der Waals surface area (Å²) in [6, 6.07) is 25.8. The summed E-state index contributed by atoms with van der Waals surface area (Å²) in [5.74, 6) is 0.648. The first-order valence-electron chi connectivity index (χ1n) is 10.1. The zero-order chi connectivity index (χ0) is 22.2.